The molecular formula is C33H34ClF3N6O2. The Morgan fingerprint density at radius 3 is 2.40 bits per heavy atom. The van der Waals surface area contributed by atoms with E-state index in [1.54, 1.807) is 0 Å². The molecule has 0 radical (unpaired) electrons. The van der Waals surface area contributed by atoms with Gasteiger partial charge in [-0.3, -0.25) is 4.90 Å². The predicted molar refractivity (Wildman–Crippen MR) is 171 cm³/mol. The Morgan fingerprint density at radius 1 is 1.00 bits per heavy atom. The summed E-state index contributed by atoms with van der Waals surface area (Å²) in [6.07, 6.45) is -3.96. The summed E-state index contributed by atoms with van der Waals surface area (Å²) in [4.78, 5) is 28.4. The van der Waals surface area contributed by atoms with Gasteiger partial charge in [0.15, 0.2) is 0 Å². The number of nitrogens with zero attached hydrogens (tertiary/aromatic N) is 5. The van der Waals surface area contributed by atoms with Crippen LogP contribution in [0.3, 0.4) is 0 Å². The second kappa shape index (κ2) is 13.3. The van der Waals surface area contributed by atoms with Gasteiger partial charge in [0, 0.05) is 48.8 Å². The van der Waals surface area contributed by atoms with Gasteiger partial charge in [-0.05, 0) is 87.0 Å². The number of likely N-dealkylation sites (N-methyl/N-ethyl adjacent to an activating group) is 1. The molecule has 12 heteroatoms. The molecule has 1 fully saturated rings. The lowest BCUT2D eigenvalue weighted by atomic mass is 10.1. The number of alkyl halides is 3. The number of carbonyl (C=O) groups is 1. The Labute approximate surface area is 265 Å². The van der Waals surface area contributed by atoms with Crippen LogP contribution in [0.4, 0.5) is 41.1 Å². The molecule has 3 aromatic carbocycles. The number of aryl methyl sites for hydroxylation is 3. The molecule has 2 heterocycles. The minimum Gasteiger partial charge on any atom is -0.409 e. The topological polar surface area (TPSA) is 73.8 Å². The summed E-state index contributed by atoms with van der Waals surface area (Å²) in [7, 11) is 2.10. The molecule has 0 unspecified atom stereocenters. The molecule has 1 amide bonds. The van der Waals surface area contributed by atoms with Crippen LogP contribution < -0.4 is 19.9 Å². The van der Waals surface area contributed by atoms with Crippen LogP contribution in [-0.2, 0) is 12.7 Å². The van der Waals surface area contributed by atoms with Crippen molar-refractivity contribution in [3.8, 4) is 5.75 Å². The molecule has 1 aliphatic rings. The third kappa shape index (κ3) is 7.84. The van der Waals surface area contributed by atoms with Crippen LogP contribution in [0.25, 0.3) is 0 Å². The molecular weight excluding hydrogens is 605 g/mol. The quantitative estimate of drug-likeness (QED) is 0.222. The molecule has 1 N–H and O–H groups in total. The highest BCUT2D eigenvalue weighted by Crippen LogP contribution is 2.33. The Kier molecular flexibility index (Phi) is 9.50. The Bertz CT molecular complexity index is 1670. The first-order chi connectivity index (χ1) is 21.4. The second-order valence-corrected chi connectivity index (χ2v) is 11.6. The number of piperazine rings is 1. The molecule has 4 aromatic rings. The number of nitrogens with one attached hydrogen (secondary N) is 1. The van der Waals surface area contributed by atoms with Gasteiger partial charge in [-0.25, -0.2) is 9.78 Å². The highest BCUT2D eigenvalue weighted by atomic mass is 35.5. The van der Waals surface area contributed by atoms with Gasteiger partial charge in [-0.2, -0.15) is 18.2 Å². The van der Waals surface area contributed by atoms with E-state index in [0.29, 0.717) is 5.75 Å². The molecule has 1 aliphatic heterocycles. The van der Waals surface area contributed by atoms with E-state index in [9.17, 15) is 18.0 Å². The Hall–Kier alpha value is -4.35. The number of hydrogen-bond donors (Lipinski definition) is 1. The van der Waals surface area contributed by atoms with E-state index < -0.39 is 17.8 Å². The van der Waals surface area contributed by atoms with Crippen LogP contribution in [0.1, 0.15) is 27.8 Å². The lowest BCUT2D eigenvalue weighted by molar-refractivity contribution is -0.137. The average Bonchev–Trinajstić information content (AvgIpc) is 2.98. The van der Waals surface area contributed by atoms with Crippen molar-refractivity contribution in [3.63, 3.8) is 0 Å². The first kappa shape index (κ1) is 32.1. The van der Waals surface area contributed by atoms with Crippen molar-refractivity contribution >= 4 is 40.8 Å². The van der Waals surface area contributed by atoms with Gasteiger partial charge in [0.05, 0.1) is 12.1 Å². The standard InChI is InChI=1S/C33H34ClF3N6O2/c1-21-16-22(2)30(23(3)17-21)45-32(44)43(20-24-18-25(33(35,36)37)8-9-28(24)34)29-10-11-38-31(40-29)39-26-6-5-7-27(19-26)42-14-12-41(4)13-15-42/h5-11,16-19H,12-15,20H2,1-4H3,(H,38,39,40). The molecule has 0 bridgehead atoms. The first-order valence-corrected chi connectivity index (χ1v) is 14.8. The van der Waals surface area contributed by atoms with E-state index in [0.717, 1.165) is 77.3 Å². The van der Waals surface area contributed by atoms with Crippen molar-refractivity contribution in [2.24, 2.45) is 0 Å². The first-order valence-electron chi connectivity index (χ1n) is 14.4. The van der Waals surface area contributed by atoms with Crippen LogP contribution in [0.15, 0.2) is 66.9 Å². The van der Waals surface area contributed by atoms with E-state index in [1.807, 2.05) is 57.2 Å². The number of aromatic nitrogens is 2. The van der Waals surface area contributed by atoms with Crippen LogP contribution in [0, 0.1) is 20.8 Å². The summed E-state index contributed by atoms with van der Waals surface area (Å²) >= 11 is 6.34. The fourth-order valence-corrected chi connectivity index (χ4v) is 5.46. The lowest BCUT2D eigenvalue weighted by Gasteiger charge is -2.34. The van der Waals surface area contributed by atoms with E-state index in [-0.39, 0.29) is 28.9 Å². The van der Waals surface area contributed by atoms with E-state index in [2.05, 4.69) is 32.1 Å². The molecule has 8 nitrogen and oxygen atoms in total. The number of ether oxygens (including phenoxy) is 1. The predicted octanol–water partition coefficient (Wildman–Crippen LogP) is 7.78. The van der Waals surface area contributed by atoms with Gasteiger partial charge < -0.3 is 19.9 Å². The molecule has 1 aromatic heterocycles. The van der Waals surface area contributed by atoms with Crippen molar-refractivity contribution in [2.75, 3.05) is 48.3 Å². The average molecular weight is 639 g/mol. The molecule has 236 valence electrons. The largest absolute Gasteiger partial charge is 0.421 e. The van der Waals surface area contributed by atoms with Crippen LogP contribution >= 0.6 is 11.6 Å². The molecule has 45 heavy (non-hydrogen) atoms. The third-order valence-electron chi connectivity index (χ3n) is 7.60. The van der Waals surface area contributed by atoms with E-state index in [4.69, 9.17) is 16.3 Å². The highest BCUT2D eigenvalue weighted by molar-refractivity contribution is 6.31. The summed E-state index contributed by atoms with van der Waals surface area (Å²) in [5, 5.41) is 3.26. The molecule has 0 saturated carbocycles. The lowest BCUT2D eigenvalue weighted by Crippen LogP contribution is -2.44. The molecule has 0 spiro atoms. The molecule has 1 saturated heterocycles. The van der Waals surface area contributed by atoms with Crippen LogP contribution in [0.5, 0.6) is 5.75 Å². The smallest absolute Gasteiger partial charge is 0.409 e. The van der Waals surface area contributed by atoms with Crippen molar-refractivity contribution < 1.29 is 22.7 Å². The summed E-state index contributed by atoms with van der Waals surface area (Å²) in [6, 6.07) is 16.1. The van der Waals surface area contributed by atoms with Crippen LogP contribution in [-0.4, -0.2) is 54.2 Å². The SMILES string of the molecule is Cc1cc(C)c(OC(=O)N(Cc2cc(C(F)(F)F)ccc2Cl)c2ccnc(Nc3cccc(N4CCN(C)CC4)c3)n2)c(C)c1. The number of rotatable bonds is 7. The minimum atomic E-state index is -4.59. The number of carbonyl (C=O) groups excluding carboxylic acids is 1. The maximum Gasteiger partial charge on any atom is 0.421 e. The monoisotopic (exact) mass is 638 g/mol. The number of benzene rings is 3. The number of anilines is 4. The fraction of sp³-hybridized carbons (Fsp3) is 0.303. The maximum absolute atomic E-state index is 13.8. The molecule has 0 atom stereocenters. The van der Waals surface area contributed by atoms with Crippen molar-refractivity contribution in [2.45, 2.75) is 33.5 Å². The zero-order chi connectivity index (χ0) is 32.3. The van der Waals surface area contributed by atoms with Crippen molar-refractivity contribution in [1.29, 1.82) is 0 Å². The van der Waals surface area contributed by atoms with Crippen LogP contribution in [0.2, 0.25) is 5.02 Å². The molecule has 0 aliphatic carbocycles. The van der Waals surface area contributed by atoms with Gasteiger partial charge in [0.25, 0.3) is 0 Å². The second-order valence-electron chi connectivity index (χ2n) is 11.2. The zero-order valence-corrected chi connectivity index (χ0v) is 26.2. The number of halogens is 4. The summed E-state index contributed by atoms with van der Waals surface area (Å²) in [5.74, 6) is 0.668. The minimum absolute atomic E-state index is 0.0663. The fourth-order valence-electron chi connectivity index (χ4n) is 5.29. The van der Waals surface area contributed by atoms with Gasteiger partial charge in [0.1, 0.15) is 11.6 Å². The normalized spacial score (nSPS) is 13.9. The van der Waals surface area contributed by atoms with Crippen molar-refractivity contribution in [1.82, 2.24) is 14.9 Å². The highest BCUT2D eigenvalue weighted by Gasteiger charge is 2.32. The van der Waals surface area contributed by atoms with Crippen molar-refractivity contribution in [3.05, 3.63) is 99.7 Å². The Morgan fingerprint density at radius 2 is 1.71 bits per heavy atom. The third-order valence-corrected chi connectivity index (χ3v) is 7.97. The van der Waals surface area contributed by atoms with Gasteiger partial charge >= 0.3 is 12.3 Å². The number of hydrogen-bond acceptors (Lipinski definition) is 7. The molecule has 5 rings (SSSR count). The summed E-state index contributed by atoms with van der Waals surface area (Å²) in [6.45, 7) is 8.98. The van der Waals surface area contributed by atoms with Gasteiger partial charge in [-0.1, -0.05) is 35.4 Å². The van der Waals surface area contributed by atoms with Gasteiger partial charge in [0.2, 0.25) is 5.95 Å². The van der Waals surface area contributed by atoms with Gasteiger partial charge in [-0.15, -0.1) is 0 Å². The number of amides is 1. The summed E-state index contributed by atoms with van der Waals surface area (Å²) in [5.41, 5.74) is 3.47. The van der Waals surface area contributed by atoms with E-state index >= 15 is 0 Å². The maximum atomic E-state index is 13.8. The summed E-state index contributed by atoms with van der Waals surface area (Å²) < 4.78 is 46.5. The Balaban J connectivity index is 1.46. The van der Waals surface area contributed by atoms with E-state index in [1.165, 1.54) is 12.3 Å². The zero-order valence-electron chi connectivity index (χ0n) is 25.5.